The Kier molecular flexibility index (Phi) is 6.92. The van der Waals surface area contributed by atoms with Gasteiger partial charge in [0.05, 0.1) is 37.1 Å². The smallest absolute Gasteiger partial charge is 0.338 e. The largest absolute Gasteiger partial charge is 0.497 e. The van der Waals surface area contributed by atoms with Gasteiger partial charge in [0, 0.05) is 36.9 Å². The molecule has 10 heteroatoms. The number of rotatable bonds is 6. The number of nitrogens with zero attached hydrogens (tertiary/aromatic N) is 3. The van der Waals surface area contributed by atoms with Crippen molar-refractivity contribution in [1.29, 1.82) is 0 Å². The molecule has 4 heterocycles. The van der Waals surface area contributed by atoms with Gasteiger partial charge in [0.15, 0.2) is 10.7 Å². The summed E-state index contributed by atoms with van der Waals surface area (Å²) < 4.78 is 24.1. The highest BCUT2D eigenvalue weighted by atomic mass is 32.1. The van der Waals surface area contributed by atoms with Crippen molar-refractivity contribution in [1.82, 2.24) is 4.57 Å². The van der Waals surface area contributed by atoms with Crippen molar-refractivity contribution in [2.75, 3.05) is 39.3 Å². The van der Waals surface area contributed by atoms with E-state index in [0.29, 0.717) is 37.9 Å². The minimum atomic E-state index is -0.785. The number of benzene rings is 1. The molecule has 5 rings (SSSR count). The van der Waals surface area contributed by atoms with Crippen molar-refractivity contribution in [3.05, 3.63) is 72.6 Å². The van der Waals surface area contributed by atoms with Crippen LogP contribution in [0.5, 0.6) is 11.5 Å². The molecule has 0 N–H and O–H groups in total. The van der Waals surface area contributed by atoms with Crippen LogP contribution in [0.3, 0.4) is 0 Å². The van der Waals surface area contributed by atoms with Crippen LogP contribution in [0.1, 0.15) is 43.6 Å². The molecule has 9 nitrogen and oxygen atoms in total. The number of anilines is 1. The Morgan fingerprint density at radius 3 is 2.59 bits per heavy atom. The van der Waals surface area contributed by atoms with Crippen molar-refractivity contribution in [2.45, 2.75) is 32.2 Å². The van der Waals surface area contributed by atoms with E-state index in [-0.39, 0.29) is 11.1 Å². The Balaban J connectivity index is 1.65. The molecule has 1 aromatic carbocycles. The first-order chi connectivity index (χ1) is 17.9. The second-order valence-electron chi connectivity index (χ2n) is 8.90. The first-order valence-electron chi connectivity index (χ1n) is 12.1. The van der Waals surface area contributed by atoms with E-state index in [1.165, 1.54) is 36.5 Å². The number of carbonyl (C=O) groups is 1. The summed E-state index contributed by atoms with van der Waals surface area (Å²) >= 11 is 1.25. The quantitative estimate of drug-likeness (QED) is 0.459. The van der Waals surface area contributed by atoms with E-state index < -0.39 is 12.0 Å². The summed E-state index contributed by atoms with van der Waals surface area (Å²) in [5.41, 5.74) is 1.09. The summed E-state index contributed by atoms with van der Waals surface area (Å²) in [5, 5.41) is 0. The molecule has 1 atom stereocenters. The number of hydrogen-bond donors (Lipinski definition) is 0. The van der Waals surface area contributed by atoms with Crippen LogP contribution < -0.4 is 29.3 Å². The maximum Gasteiger partial charge on any atom is 0.338 e. The predicted molar refractivity (Wildman–Crippen MR) is 140 cm³/mol. The van der Waals surface area contributed by atoms with E-state index in [2.05, 4.69) is 9.89 Å². The van der Waals surface area contributed by atoms with Crippen molar-refractivity contribution in [2.24, 2.45) is 4.99 Å². The lowest BCUT2D eigenvalue weighted by molar-refractivity contribution is -0.136. The molecule has 3 aromatic rings. The van der Waals surface area contributed by atoms with E-state index in [4.69, 9.17) is 18.6 Å². The number of methoxy groups -OCH3 is 3. The average Bonchev–Trinajstić information content (AvgIpc) is 3.52. The third kappa shape index (κ3) is 4.57. The summed E-state index contributed by atoms with van der Waals surface area (Å²) in [6.45, 7) is 3.67. The molecule has 1 saturated heterocycles. The van der Waals surface area contributed by atoms with Crippen molar-refractivity contribution in [3.63, 3.8) is 0 Å². The van der Waals surface area contributed by atoms with Crippen LogP contribution >= 0.6 is 11.3 Å². The zero-order chi connectivity index (χ0) is 26.1. The van der Waals surface area contributed by atoms with Gasteiger partial charge in [-0.15, -0.1) is 0 Å². The number of ether oxygens (including phenoxy) is 3. The van der Waals surface area contributed by atoms with Gasteiger partial charge in [-0.3, -0.25) is 9.36 Å². The van der Waals surface area contributed by atoms with E-state index in [1.807, 2.05) is 12.1 Å². The molecule has 0 saturated carbocycles. The number of furan rings is 1. The minimum absolute atomic E-state index is 0.273. The number of aromatic nitrogens is 1. The van der Waals surface area contributed by atoms with Crippen LogP contribution in [0.4, 0.5) is 5.88 Å². The van der Waals surface area contributed by atoms with Crippen LogP contribution in [-0.4, -0.2) is 45.0 Å². The predicted octanol–water partition coefficient (Wildman–Crippen LogP) is 3.01. The maximum absolute atomic E-state index is 13.8. The van der Waals surface area contributed by atoms with Gasteiger partial charge in [-0.2, -0.15) is 0 Å². The SMILES string of the molecule is COC(=O)C1=C(C)N=c2sc(=Cc3ccc(N4CCCCC4)o3)c(=O)n2[C@H]1c1ccc(OC)cc1OC. The first kappa shape index (κ1) is 24.9. The standard InChI is InChI=1S/C27H29N3O6S/c1-16-23(26(32)35-4)24(19-10-8-17(33-2)14-20(19)34-3)30-25(31)21(37-27(30)28-16)15-18-9-11-22(36-18)29-12-6-5-7-13-29/h8-11,14-15,24H,5-7,12-13H2,1-4H3/t24-/m0/s1. The Labute approximate surface area is 217 Å². The van der Waals surface area contributed by atoms with Crippen molar-refractivity contribution < 1.29 is 23.4 Å². The van der Waals surface area contributed by atoms with E-state index in [1.54, 1.807) is 38.3 Å². The Morgan fingerprint density at radius 2 is 1.89 bits per heavy atom. The second-order valence-corrected chi connectivity index (χ2v) is 9.91. The summed E-state index contributed by atoms with van der Waals surface area (Å²) in [4.78, 5) is 34.0. The van der Waals surface area contributed by atoms with Gasteiger partial charge >= 0.3 is 5.97 Å². The molecule has 0 aliphatic carbocycles. The van der Waals surface area contributed by atoms with Crippen LogP contribution in [-0.2, 0) is 9.53 Å². The molecule has 0 bridgehead atoms. The molecular weight excluding hydrogens is 494 g/mol. The van der Waals surface area contributed by atoms with Gasteiger partial charge in [-0.1, -0.05) is 11.3 Å². The monoisotopic (exact) mass is 523 g/mol. The molecule has 2 aliphatic heterocycles. The minimum Gasteiger partial charge on any atom is -0.497 e. The lowest BCUT2D eigenvalue weighted by Crippen LogP contribution is -2.40. The van der Waals surface area contributed by atoms with Crippen LogP contribution in [0.15, 0.2) is 55.8 Å². The highest BCUT2D eigenvalue weighted by Crippen LogP contribution is 2.37. The Hall–Kier alpha value is -3.79. The molecule has 2 aromatic heterocycles. The third-order valence-corrected chi connectivity index (χ3v) is 7.70. The summed E-state index contributed by atoms with van der Waals surface area (Å²) in [5.74, 6) is 1.91. The van der Waals surface area contributed by atoms with Gasteiger partial charge in [0.25, 0.3) is 5.56 Å². The van der Waals surface area contributed by atoms with Gasteiger partial charge in [0.1, 0.15) is 23.3 Å². The number of carbonyl (C=O) groups excluding carboxylic acids is 1. The Bertz CT molecular complexity index is 1540. The fourth-order valence-electron chi connectivity index (χ4n) is 4.86. The number of piperidine rings is 1. The molecule has 37 heavy (non-hydrogen) atoms. The fraction of sp³-hybridized carbons (Fsp3) is 0.370. The van der Waals surface area contributed by atoms with Gasteiger partial charge in [0.2, 0.25) is 0 Å². The fourth-order valence-corrected chi connectivity index (χ4v) is 5.89. The zero-order valence-electron chi connectivity index (χ0n) is 21.3. The molecule has 194 valence electrons. The number of fused-ring (bicyclic) bond motifs is 1. The highest BCUT2D eigenvalue weighted by molar-refractivity contribution is 7.07. The topological polar surface area (TPSA) is 95.5 Å². The van der Waals surface area contributed by atoms with E-state index in [9.17, 15) is 9.59 Å². The van der Waals surface area contributed by atoms with Crippen LogP contribution in [0.2, 0.25) is 0 Å². The molecule has 0 radical (unpaired) electrons. The van der Waals surface area contributed by atoms with Crippen LogP contribution in [0.25, 0.3) is 6.08 Å². The molecule has 2 aliphatic rings. The van der Waals surface area contributed by atoms with E-state index in [0.717, 1.165) is 31.8 Å². The molecule has 0 amide bonds. The second kappa shape index (κ2) is 10.3. The zero-order valence-corrected chi connectivity index (χ0v) is 22.1. The molecule has 0 unspecified atom stereocenters. The Morgan fingerprint density at radius 1 is 1.11 bits per heavy atom. The van der Waals surface area contributed by atoms with Crippen molar-refractivity contribution in [3.8, 4) is 11.5 Å². The van der Waals surface area contributed by atoms with Gasteiger partial charge < -0.3 is 23.5 Å². The summed E-state index contributed by atoms with van der Waals surface area (Å²) in [6.07, 6.45) is 5.26. The number of hydrogen-bond acceptors (Lipinski definition) is 9. The molecule has 1 fully saturated rings. The number of allylic oxidation sites excluding steroid dienone is 1. The third-order valence-electron chi connectivity index (χ3n) is 6.72. The van der Waals surface area contributed by atoms with Crippen LogP contribution in [0, 0.1) is 0 Å². The lowest BCUT2D eigenvalue weighted by Gasteiger charge is -2.26. The molecule has 0 spiro atoms. The number of thiazole rings is 1. The van der Waals surface area contributed by atoms with Gasteiger partial charge in [-0.05, 0) is 44.4 Å². The maximum atomic E-state index is 13.8. The van der Waals surface area contributed by atoms with E-state index >= 15 is 0 Å². The number of esters is 1. The molecular formula is C27H29N3O6S. The average molecular weight is 524 g/mol. The first-order valence-corrected chi connectivity index (χ1v) is 12.9. The van der Waals surface area contributed by atoms with Crippen molar-refractivity contribution >= 4 is 29.3 Å². The highest BCUT2D eigenvalue weighted by Gasteiger charge is 2.35. The van der Waals surface area contributed by atoms with Gasteiger partial charge in [-0.25, -0.2) is 9.79 Å². The normalized spacial score (nSPS) is 17.9. The lowest BCUT2D eigenvalue weighted by atomic mass is 9.95. The summed E-state index contributed by atoms with van der Waals surface area (Å²) in [6, 6.07) is 8.31. The summed E-state index contributed by atoms with van der Waals surface area (Å²) in [7, 11) is 4.41.